The minimum absolute atomic E-state index is 0.0249. The van der Waals surface area contributed by atoms with Crippen LogP contribution in [0.1, 0.15) is 25.0 Å². The van der Waals surface area contributed by atoms with Crippen LogP contribution in [0, 0.1) is 6.92 Å². The van der Waals surface area contributed by atoms with E-state index in [-0.39, 0.29) is 19.3 Å². The minimum Gasteiger partial charge on any atom is -0.491 e. The van der Waals surface area contributed by atoms with Crippen molar-refractivity contribution in [2.24, 2.45) is 0 Å². The predicted octanol–water partition coefficient (Wildman–Crippen LogP) is 5.06. The van der Waals surface area contributed by atoms with Gasteiger partial charge in [-0.3, -0.25) is 0 Å². The Hall–Kier alpha value is -3.75. The van der Waals surface area contributed by atoms with E-state index in [4.69, 9.17) is 23.9 Å². The Morgan fingerprint density at radius 3 is 2.68 bits per heavy atom. The van der Waals surface area contributed by atoms with Crippen molar-refractivity contribution in [3.05, 3.63) is 59.7 Å². The van der Waals surface area contributed by atoms with Crippen LogP contribution in [-0.2, 0) is 6.42 Å². The van der Waals surface area contributed by atoms with Crippen molar-refractivity contribution in [3.8, 4) is 34.4 Å². The van der Waals surface area contributed by atoms with E-state index in [2.05, 4.69) is 43.4 Å². The smallest absolute Gasteiger partial charge is 0.249 e. The molecule has 4 heterocycles. The Balaban J connectivity index is 1.68. The number of benzene rings is 2. The Morgan fingerprint density at radius 1 is 1.11 bits per heavy atom. The minimum atomic E-state index is -0.0249. The molecule has 8 heteroatoms. The summed E-state index contributed by atoms with van der Waals surface area (Å²) in [4.78, 5) is 5.24. The number of hydrogen-bond acceptors (Lipinski definition) is 6. The van der Waals surface area contributed by atoms with Gasteiger partial charge < -0.3 is 24.1 Å². The zero-order valence-electron chi connectivity index (χ0n) is 22.4. The molecule has 2 aromatic heterocycles. The number of aryl methyl sites for hydroxylation is 1. The Bertz CT molecular complexity index is 1510. The first-order chi connectivity index (χ1) is 18.5. The fourth-order valence-electron chi connectivity index (χ4n) is 6.30. The molecule has 38 heavy (non-hydrogen) atoms. The molecule has 2 aliphatic heterocycles. The zero-order valence-corrected chi connectivity index (χ0v) is 22.4. The number of fused-ring (bicyclic) bond motifs is 6. The Kier molecular flexibility index (Phi) is 6.16. The third-order valence-electron chi connectivity index (χ3n) is 7.91. The highest BCUT2D eigenvalue weighted by atomic mass is 16.6. The standard InChI is InChI=1S/C30H34N3O5/c1-5-33(22-9-10-24-25(18-22)38-14-13-37-24)20(3)16-21-17-23(36-12-11-34)15-19(2)28(21)29-30(33)32-26(31-29)7-6-8-27(32)35-4/h6-10,15,17-18,20,34H,5,11-14,16H2,1-4H3/q+1. The second kappa shape index (κ2) is 9.53. The number of aliphatic hydroxyl groups excluding tert-OH is 1. The largest absolute Gasteiger partial charge is 0.491 e. The summed E-state index contributed by atoms with van der Waals surface area (Å²) in [5.74, 6) is 4.11. The number of likely N-dealkylation sites (N-methyl/N-ethyl adjacent to an activating group) is 1. The van der Waals surface area contributed by atoms with E-state index < -0.39 is 0 Å². The van der Waals surface area contributed by atoms with Crippen LogP contribution in [0.2, 0.25) is 0 Å². The molecule has 0 bridgehead atoms. The normalized spacial score (nSPS) is 20.0. The van der Waals surface area contributed by atoms with Crippen LogP contribution in [-0.4, -0.2) is 60.6 Å². The molecule has 6 rings (SSSR count). The first kappa shape index (κ1) is 24.6. The van der Waals surface area contributed by atoms with Gasteiger partial charge in [-0.1, -0.05) is 6.07 Å². The van der Waals surface area contributed by atoms with Gasteiger partial charge in [0.15, 0.2) is 17.2 Å². The lowest BCUT2D eigenvalue weighted by molar-refractivity contribution is 0.171. The van der Waals surface area contributed by atoms with Crippen molar-refractivity contribution in [3.63, 3.8) is 0 Å². The van der Waals surface area contributed by atoms with E-state index >= 15 is 0 Å². The lowest BCUT2D eigenvalue weighted by atomic mass is 9.95. The molecule has 0 radical (unpaired) electrons. The van der Waals surface area contributed by atoms with Gasteiger partial charge in [-0.25, -0.2) is 13.9 Å². The van der Waals surface area contributed by atoms with Gasteiger partial charge in [0.1, 0.15) is 42.9 Å². The van der Waals surface area contributed by atoms with E-state index in [9.17, 15) is 5.11 Å². The summed E-state index contributed by atoms with van der Waals surface area (Å²) in [6.45, 7) is 8.75. The third kappa shape index (κ3) is 3.62. The summed E-state index contributed by atoms with van der Waals surface area (Å²) in [5, 5.41) is 9.32. The summed E-state index contributed by atoms with van der Waals surface area (Å²) in [6, 6.07) is 16.6. The molecule has 0 amide bonds. The van der Waals surface area contributed by atoms with E-state index in [0.717, 1.165) is 70.1 Å². The number of pyridine rings is 1. The molecule has 0 aliphatic carbocycles. The molecule has 2 unspecified atom stereocenters. The van der Waals surface area contributed by atoms with Gasteiger partial charge in [-0.2, -0.15) is 0 Å². The number of quaternary nitrogens is 1. The highest BCUT2D eigenvalue weighted by Crippen LogP contribution is 2.51. The van der Waals surface area contributed by atoms with Crippen molar-refractivity contribution in [1.82, 2.24) is 13.9 Å². The number of hydrogen-bond donors (Lipinski definition) is 1. The van der Waals surface area contributed by atoms with Crippen LogP contribution in [0.5, 0.6) is 23.1 Å². The fourth-order valence-corrected chi connectivity index (χ4v) is 6.30. The molecule has 2 aliphatic rings. The van der Waals surface area contributed by atoms with Crippen LogP contribution in [0.15, 0.2) is 48.5 Å². The highest BCUT2D eigenvalue weighted by Gasteiger charge is 2.47. The van der Waals surface area contributed by atoms with Gasteiger partial charge in [-0.05, 0) is 62.2 Å². The van der Waals surface area contributed by atoms with E-state index in [1.165, 1.54) is 5.56 Å². The maximum atomic E-state index is 9.32. The van der Waals surface area contributed by atoms with Crippen LogP contribution in [0.4, 0.5) is 11.5 Å². The Labute approximate surface area is 222 Å². The van der Waals surface area contributed by atoms with Gasteiger partial charge in [0.2, 0.25) is 11.7 Å². The SMILES string of the molecule is CC[N+]1(c2ccc3c(c2)OCCO3)c2c(nc3cccc(OC)n23)-c2c(C)cc(OCCO)cc2CC1C. The number of aliphatic hydroxyl groups is 1. The van der Waals surface area contributed by atoms with E-state index in [0.29, 0.717) is 17.7 Å². The molecule has 0 saturated carbocycles. The molecule has 2 aromatic carbocycles. The summed E-state index contributed by atoms with van der Waals surface area (Å²) >= 11 is 0. The first-order valence-electron chi connectivity index (χ1n) is 13.2. The van der Waals surface area contributed by atoms with Crippen LogP contribution in [0.25, 0.3) is 16.9 Å². The topological polar surface area (TPSA) is 74.5 Å². The van der Waals surface area contributed by atoms with E-state index in [1.807, 2.05) is 30.3 Å². The van der Waals surface area contributed by atoms with Gasteiger partial charge in [0, 0.05) is 24.1 Å². The van der Waals surface area contributed by atoms with Crippen LogP contribution >= 0.6 is 0 Å². The number of methoxy groups -OCH3 is 1. The second-order valence-corrected chi connectivity index (χ2v) is 9.96. The average Bonchev–Trinajstić information content (AvgIpc) is 3.27. The van der Waals surface area contributed by atoms with Crippen molar-refractivity contribution >= 4 is 17.2 Å². The molecule has 2 atom stereocenters. The summed E-state index contributed by atoms with van der Waals surface area (Å²) in [6.07, 6.45) is 0.808. The number of imidazole rings is 1. The second-order valence-electron chi connectivity index (χ2n) is 9.96. The molecular weight excluding hydrogens is 482 g/mol. The summed E-state index contributed by atoms with van der Waals surface area (Å²) < 4.78 is 26.4. The molecule has 0 spiro atoms. The summed E-state index contributed by atoms with van der Waals surface area (Å²) in [7, 11) is 1.70. The van der Waals surface area contributed by atoms with Crippen LogP contribution in [0.3, 0.4) is 0 Å². The van der Waals surface area contributed by atoms with Crippen molar-refractivity contribution in [1.29, 1.82) is 0 Å². The molecule has 0 fully saturated rings. The average molecular weight is 517 g/mol. The monoisotopic (exact) mass is 516 g/mol. The molecular formula is C30H34N3O5+. The van der Waals surface area contributed by atoms with E-state index in [1.54, 1.807) is 7.11 Å². The third-order valence-corrected chi connectivity index (χ3v) is 7.91. The van der Waals surface area contributed by atoms with Gasteiger partial charge in [0.05, 0.1) is 20.3 Å². The van der Waals surface area contributed by atoms with Gasteiger partial charge >= 0.3 is 0 Å². The maximum absolute atomic E-state index is 9.32. The molecule has 198 valence electrons. The Morgan fingerprint density at radius 2 is 1.92 bits per heavy atom. The quantitative estimate of drug-likeness (QED) is 0.361. The number of ether oxygens (including phenoxy) is 4. The maximum Gasteiger partial charge on any atom is 0.249 e. The zero-order chi connectivity index (χ0) is 26.4. The molecule has 8 nitrogen and oxygen atoms in total. The van der Waals surface area contributed by atoms with Crippen LogP contribution < -0.4 is 23.4 Å². The highest BCUT2D eigenvalue weighted by molar-refractivity contribution is 5.85. The van der Waals surface area contributed by atoms with Crippen molar-refractivity contribution in [2.45, 2.75) is 33.2 Å². The van der Waals surface area contributed by atoms with Crippen molar-refractivity contribution < 1.29 is 24.1 Å². The number of nitrogens with zero attached hydrogens (tertiary/aromatic N) is 3. The number of rotatable bonds is 6. The van der Waals surface area contributed by atoms with Gasteiger partial charge in [0.25, 0.3) is 0 Å². The lowest BCUT2D eigenvalue weighted by Gasteiger charge is -2.41. The van der Waals surface area contributed by atoms with Crippen molar-refractivity contribution in [2.75, 3.05) is 40.1 Å². The lowest BCUT2D eigenvalue weighted by Crippen LogP contribution is -2.52. The fraction of sp³-hybridized carbons (Fsp3) is 0.367. The van der Waals surface area contributed by atoms with Gasteiger partial charge in [-0.15, -0.1) is 0 Å². The first-order valence-corrected chi connectivity index (χ1v) is 13.2. The summed E-state index contributed by atoms with van der Waals surface area (Å²) in [5.41, 5.74) is 6.28. The number of aromatic nitrogens is 2. The molecule has 1 N–H and O–H groups in total. The molecule has 0 saturated heterocycles. The molecule has 4 aromatic rings. The predicted molar refractivity (Wildman–Crippen MR) is 147 cm³/mol.